The zero-order valence-electron chi connectivity index (χ0n) is 26.8. The van der Waals surface area contributed by atoms with E-state index in [0.29, 0.717) is 0 Å². The van der Waals surface area contributed by atoms with E-state index in [1.807, 2.05) is 152 Å². The molecule has 0 spiro atoms. The van der Waals surface area contributed by atoms with Gasteiger partial charge in [0.05, 0.1) is 0 Å². The molecule has 0 amide bonds. The lowest BCUT2D eigenvalue weighted by Gasteiger charge is -1.48. The van der Waals surface area contributed by atoms with Gasteiger partial charge in [0.15, 0.2) is 0 Å². The van der Waals surface area contributed by atoms with Crippen LogP contribution in [0.1, 0.15) is 192 Å². The summed E-state index contributed by atoms with van der Waals surface area (Å²) in [6.07, 6.45) is 5.75. The minimum Gasteiger partial charge on any atom is -0.0683 e. The highest BCUT2D eigenvalue weighted by atomic mass is 14.0. The van der Waals surface area contributed by atoms with Crippen LogP contribution < -0.4 is 0 Å². The quantitative estimate of drug-likeness (QED) is 0.368. The summed E-state index contributed by atoms with van der Waals surface area (Å²) in [6, 6.07) is 0. The molecule has 1 aliphatic carbocycles. The van der Waals surface area contributed by atoms with Crippen LogP contribution in [0.4, 0.5) is 0 Å². The monoisotopic (exact) mass is 417 g/mol. The normalized spacial score (nSPS) is 5.57. The van der Waals surface area contributed by atoms with E-state index < -0.39 is 0 Å². The molecule has 0 radical (unpaired) electrons. The molecule has 0 N–H and O–H groups in total. The first-order valence-corrected chi connectivity index (χ1v) is 13.9. The first-order chi connectivity index (χ1) is 13.9. The van der Waals surface area contributed by atoms with Gasteiger partial charge in [-0.25, -0.2) is 0 Å². The molecule has 0 unspecified atom stereocenters. The van der Waals surface area contributed by atoms with E-state index in [4.69, 9.17) is 0 Å². The molecule has 192 valence electrons. The Labute approximate surface area is 192 Å². The largest absolute Gasteiger partial charge is 0.0683 e. The summed E-state index contributed by atoms with van der Waals surface area (Å²) in [5, 5.41) is 0. The average molecular weight is 417 g/mol. The minimum absolute atomic E-state index is 1.25. The van der Waals surface area contributed by atoms with Crippen molar-refractivity contribution in [3.05, 3.63) is 0 Å². The SMILES string of the molecule is C1CC1.CC.CC.CC.CC.CC.CC.CC.CC.CC.CC.CC.CCC. The summed E-state index contributed by atoms with van der Waals surface area (Å²) in [6.45, 7) is 48.2. The van der Waals surface area contributed by atoms with Crippen molar-refractivity contribution in [2.24, 2.45) is 0 Å². The van der Waals surface area contributed by atoms with Crippen molar-refractivity contribution in [1.82, 2.24) is 0 Å². The van der Waals surface area contributed by atoms with Crippen LogP contribution in [0.5, 0.6) is 0 Å². The first-order valence-electron chi connectivity index (χ1n) is 13.9. The Bertz CT molecular complexity index is 11.2. The van der Waals surface area contributed by atoms with E-state index in [1.54, 1.807) is 0 Å². The van der Waals surface area contributed by atoms with Gasteiger partial charge in [0.25, 0.3) is 0 Å². The van der Waals surface area contributed by atoms with Crippen LogP contribution in [0, 0.1) is 0 Å². The molecule has 0 aromatic rings. The molecule has 1 fully saturated rings. The zero-order chi connectivity index (χ0) is 26.8. The molecule has 1 saturated carbocycles. The molecule has 0 aliphatic heterocycles. The second kappa shape index (κ2) is 1140. The Kier molecular flexibility index (Phi) is 3250. The smallest absolute Gasteiger partial charge is 0.0533 e. The second-order valence-corrected chi connectivity index (χ2v) is 1.77. The van der Waals surface area contributed by atoms with Crippen LogP contribution in [0.2, 0.25) is 0 Å². The van der Waals surface area contributed by atoms with E-state index in [9.17, 15) is 0 Å². The molecular weight excluding hydrogens is 336 g/mol. The van der Waals surface area contributed by atoms with Gasteiger partial charge in [-0.15, -0.1) is 0 Å². The molecule has 1 rings (SSSR count). The van der Waals surface area contributed by atoms with Gasteiger partial charge >= 0.3 is 0 Å². The van der Waals surface area contributed by atoms with Gasteiger partial charge in [0.1, 0.15) is 0 Å². The lowest BCUT2D eigenvalue weighted by molar-refractivity contribution is 1.09. The fraction of sp³-hybridized carbons (Fsp3) is 1.00. The Morgan fingerprint density at radius 3 is 0.286 bits per heavy atom. The van der Waals surface area contributed by atoms with Gasteiger partial charge in [0.2, 0.25) is 0 Å². The molecule has 0 atom stereocenters. The number of rotatable bonds is 0. The summed E-state index contributed by atoms with van der Waals surface area (Å²) in [5.74, 6) is 0. The molecule has 0 aromatic heterocycles. The third kappa shape index (κ3) is 16200. The maximum absolute atomic E-state index is 2.12. The molecule has 0 nitrogen and oxygen atoms in total. The van der Waals surface area contributed by atoms with Gasteiger partial charge in [0, 0.05) is 0 Å². The van der Waals surface area contributed by atoms with E-state index in [1.165, 1.54) is 25.7 Å². The predicted octanol–water partition coefficient (Wildman–Crippen LogP) is 13.9. The summed E-state index contributed by atoms with van der Waals surface area (Å²) in [5.41, 5.74) is 0. The molecule has 0 saturated heterocycles. The molecule has 0 heterocycles. The van der Waals surface area contributed by atoms with Crippen LogP contribution in [-0.4, -0.2) is 0 Å². The Balaban J connectivity index is -0.00000000997. The summed E-state index contributed by atoms with van der Waals surface area (Å²) >= 11 is 0. The molecule has 1 aliphatic rings. The Morgan fingerprint density at radius 1 is 0.250 bits per heavy atom. The summed E-state index contributed by atoms with van der Waals surface area (Å²) in [4.78, 5) is 0. The molecule has 28 heavy (non-hydrogen) atoms. The summed E-state index contributed by atoms with van der Waals surface area (Å²) in [7, 11) is 0. The zero-order valence-corrected chi connectivity index (χ0v) is 26.8. The highest BCUT2D eigenvalue weighted by molar-refractivity contribution is 4.50. The fourth-order valence-electron chi connectivity index (χ4n) is 0. The third-order valence-electron chi connectivity index (χ3n) is 0.354. The van der Waals surface area contributed by atoms with Crippen LogP contribution in [0.15, 0.2) is 0 Å². The van der Waals surface area contributed by atoms with E-state index in [2.05, 4.69) is 13.8 Å². The van der Waals surface area contributed by atoms with Crippen molar-refractivity contribution < 1.29 is 0 Å². The van der Waals surface area contributed by atoms with Crippen molar-refractivity contribution in [3.63, 3.8) is 0 Å². The number of hydrogen-bond donors (Lipinski definition) is 0. The average Bonchev–Trinajstić information content (AvgIpc) is 3.78. The summed E-state index contributed by atoms with van der Waals surface area (Å²) < 4.78 is 0. The van der Waals surface area contributed by atoms with Crippen molar-refractivity contribution in [3.8, 4) is 0 Å². The van der Waals surface area contributed by atoms with Gasteiger partial charge in [-0.05, 0) is 0 Å². The number of hydrogen-bond acceptors (Lipinski definition) is 0. The fourth-order valence-corrected chi connectivity index (χ4v) is 0. The van der Waals surface area contributed by atoms with Gasteiger partial charge < -0.3 is 0 Å². The van der Waals surface area contributed by atoms with Crippen LogP contribution in [0.25, 0.3) is 0 Å². The van der Waals surface area contributed by atoms with Gasteiger partial charge in [-0.3, -0.25) is 0 Å². The Hall–Kier alpha value is 0. The van der Waals surface area contributed by atoms with Crippen LogP contribution in [-0.2, 0) is 0 Å². The standard InChI is InChI=1S/C3H6.C3H8.11C2H6/c1-2-3-1;1-3-2;11*1-2/h1-3H2;3H2,1-2H3;11*1-2H3. The highest BCUT2D eigenvalue weighted by Crippen LogP contribution is 2.14. The van der Waals surface area contributed by atoms with Crippen LogP contribution in [0.3, 0.4) is 0 Å². The molecule has 0 aromatic carbocycles. The maximum atomic E-state index is 2.12. The minimum atomic E-state index is 1.25. The van der Waals surface area contributed by atoms with Crippen LogP contribution >= 0.6 is 0 Å². The predicted molar refractivity (Wildman–Crippen MR) is 155 cm³/mol. The van der Waals surface area contributed by atoms with E-state index in [0.717, 1.165) is 0 Å². The second-order valence-electron chi connectivity index (χ2n) is 1.77. The third-order valence-corrected chi connectivity index (χ3v) is 0.354. The van der Waals surface area contributed by atoms with Crippen molar-refractivity contribution in [2.45, 2.75) is 192 Å². The van der Waals surface area contributed by atoms with Crippen molar-refractivity contribution in [1.29, 1.82) is 0 Å². The van der Waals surface area contributed by atoms with Gasteiger partial charge in [-0.2, -0.15) is 0 Å². The molecule has 0 heteroatoms. The molecular formula is C28H80. The van der Waals surface area contributed by atoms with Crippen molar-refractivity contribution in [2.75, 3.05) is 0 Å². The van der Waals surface area contributed by atoms with Gasteiger partial charge in [-0.1, -0.05) is 192 Å². The van der Waals surface area contributed by atoms with Crippen molar-refractivity contribution >= 4 is 0 Å². The molecule has 0 bridgehead atoms. The lowest BCUT2D eigenvalue weighted by atomic mass is 10.6. The lowest BCUT2D eigenvalue weighted by Crippen LogP contribution is -1.27. The topological polar surface area (TPSA) is 0 Å². The Morgan fingerprint density at radius 2 is 0.286 bits per heavy atom. The highest BCUT2D eigenvalue weighted by Gasteiger charge is 1.95. The maximum Gasteiger partial charge on any atom is -0.0533 e. The first kappa shape index (κ1) is 79.7. The van der Waals surface area contributed by atoms with E-state index >= 15 is 0 Å². The van der Waals surface area contributed by atoms with E-state index in [-0.39, 0.29) is 0 Å².